The fraction of sp³-hybridized carbons (Fsp3) is 0.357. The van der Waals surface area contributed by atoms with Crippen LogP contribution in [0.3, 0.4) is 0 Å². The van der Waals surface area contributed by atoms with E-state index < -0.39 is 0 Å². The number of rotatable bonds is 5. The van der Waals surface area contributed by atoms with Crippen LogP contribution in [0.25, 0.3) is 16.8 Å². The molecule has 1 saturated heterocycles. The van der Waals surface area contributed by atoms with E-state index in [1.807, 2.05) is 12.1 Å². The second-order valence-electron chi connectivity index (χ2n) is 9.08. The minimum atomic E-state index is -0.188. The van der Waals surface area contributed by atoms with Crippen LogP contribution < -0.4 is 5.32 Å². The van der Waals surface area contributed by atoms with Crippen molar-refractivity contribution in [2.45, 2.75) is 38.1 Å². The molecule has 32 heavy (non-hydrogen) atoms. The van der Waals surface area contributed by atoms with E-state index in [9.17, 15) is 4.39 Å². The average Bonchev–Trinajstić information content (AvgIpc) is 3.30. The zero-order valence-electron chi connectivity index (χ0n) is 18.8. The number of nitrogens with zero attached hydrogens (tertiary/aromatic N) is 1. The Morgan fingerprint density at radius 3 is 2.44 bits per heavy atom. The Kier molecular flexibility index (Phi) is 6.24. The number of hydrogen-bond acceptors (Lipinski definition) is 2. The van der Waals surface area contributed by atoms with Crippen molar-refractivity contribution in [1.29, 1.82) is 0 Å². The third-order valence-corrected chi connectivity index (χ3v) is 7.22. The van der Waals surface area contributed by atoms with Crippen molar-refractivity contribution in [1.82, 2.24) is 15.2 Å². The monoisotopic (exact) mass is 429 g/mol. The van der Waals surface area contributed by atoms with Gasteiger partial charge in [0, 0.05) is 31.0 Å². The van der Waals surface area contributed by atoms with Crippen LogP contribution in [-0.2, 0) is 0 Å². The average molecular weight is 430 g/mol. The molecule has 1 aromatic heterocycles. The zero-order valence-corrected chi connectivity index (χ0v) is 18.8. The summed E-state index contributed by atoms with van der Waals surface area (Å²) in [6.45, 7) is 6.44. The molecule has 1 unspecified atom stereocenters. The first kappa shape index (κ1) is 21.2. The van der Waals surface area contributed by atoms with Gasteiger partial charge in [-0.15, -0.1) is 0 Å². The summed E-state index contributed by atoms with van der Waals surface area (Å²) in [5.41, 5.74) is 7.84. The van der Waals surface area contributed by atoms with Crippen molar-refractivity contribution in [3.8, 4) is 11.3 Å². The van der Waals surface area contributed by atoms with Crippen LogP contribution >= 0.6 is 0 Å². The highest BCUT2D eigenvalue weighted by atomic mass is 19.1. The lowest BCUT2D eigenvalue weighted by Gasteiger charge is -2.33. The van der Waals surface area contributed by atoms with E-state index in [0.717, 1.165) is 56.7 Å². The molecule has 2 N–H and O–H groups in total. The van der Waals surface area contributed by atoms with Gasteiger partial charge in [-0.3, -0.25) is 4.90 Å². The molecular formula is C28H32FN3. The zero-order chi connectivity index (χ0) is 21.9. The fourth-order valence-corrected chi connectivity index (χ4v) is 5.31. The van der Waals surface area contributed by atoms with Crippen molar-refractivity contribution < 1.29 is 4.39 Å². The van der Waals surface area contributed by atoms with Crippen LogP contribution in [-0.4, -0.2) is 36.1 Å². The summed E-state index contributed by atoms with van der Waals surface area (Å²) in [7, 11) is 0. The van der Waals surface area contributed by atoms with Gasteiger partial charge in [0.2, 0.25) is 0 Å². The molecule has 5 rings (SSSR count). The summed E-state index contributed by atoms with van der Waals surface area (Å²) < 4.78 is 13.5. The summed E-state index contributed by atoms with van der Waals surface area (Å²) in [4.78, 5) is 6.12. The van der Waals surface area contributed by atoms with Gasteiger partial charge < -0.3 is 10.3 Å². The van der Waals surface area contributed by atoms with Crippen molar-refractivity contribution in [3.05, 3.63) is 89.4 Å². The second-order valence-corrected chi connectivity index (χ2v) is 9.08. The first-order valence-electron chi connectivity index (χ1n) is 11.9. The van der Waals surface area contributed by atoms with Gasteiger partial charge in [0.05, 0.1) is 0 Å². The van der Waals surface area contributed by atoms with Crippen molar-refractivity contribution in [2.24, 2.45) is 0 Å². The highest BCUT2D eigenvalue weighted by molar-refractivity contribution is 5.77. The summed E-state index contributed by atoms with van der Waals surface area (Å²) in [5.74, 6) is 0.339. The van der Waals surface area contributed by atoms with E-state index in [4.69, 9.17) is 0 Å². The summed E-state index contributed by atoms with van der Waals surface area (Å²) in [6.07, 6.45) is 7.95. The molecule has 166 valence electrons. The molecule has 0 radical (unpaired) electrons. The quantitative estimate of drug-likeness (QED) is 0.511. The number of aromatic amines is 1. The molecule has 0 spiro atoms. The van der Waals surface area contributed by atoms with Crippen LogP contribution in [0.5, 0.6) is 0 Å². The molecule has 0 saturated carbocycles. The van der Waals surface area contributed by atoms with E-state index in [2.05, 4.69) is 64.7 Å². The van der Waals surface area contributed by atoms with Crippen molar-refractivity contribution in [3.63, 3.8) is 0 Å². The van der Waals surface area contributed by atoms with Gasteiger partial charge in [-0.1, -0.05) is 36.4 Å². The predicted octanol–water partition coefficient (Wildman–Crippen LogP) is 6.14. The molecule has 4 heteroatoms. The van der Waals surface area contributed by atoms with Gasteiger partial charge in [-0.2, -0.15) is 0 Å². The highest BCUT2D eigenvalue weighted by Crippen LogP contribution is 2.40. The Balaban J connectivity index is 1.44. The largest absolute Gasteiger partial charge is 0.360 e. The normalized spacial score (nSPS) is 19.0. The van der Waals surface area contributed by atoms with Gasteiger partial charge >= 0.3 is 0 Å². The lowest BCUT2D eigenvalue weighted by atomic mass is 9.83. The Morgan fingerprint density at radius 2 is 1.75 bits per heavy atom. The molecule has 3 heterocycles. The topological polar surface area (TPSA) is 31.1 Å². The Morgan fingerprint density at radius 1 is 1.00 bits per heavy atom. The molecule has 2 aromatic carbocycles. The van der Waals surface area contributed by atoms with E-state index >= 15 is 0 Å². The number of piperidine rings is 1. The third-order valence-electron chi connectivity index (χ3n) is 7.22. The Hall–Kier alpha value is -2.69. The van der Waals surface area contributed by atoms with Gasteiger partial charge in [0.25, 0.3) is 0 Å². The molecule has 0 amide bonds. The maximum absolute atomic E-state index is 13.5. The number of H-pyrrole nitrogens is 1. The summed E-state index contributed by atoms with van der Waals surface area (Å²) in [5, 5.41) is 3.50. The smallest absolute Gasteiger partial charge is 0.123 e. The van der Waals surface area contributed by atoms with E-state index in [0.29, 0.717) is 12.0 Å². The minimum absolute atomic E-state index is 0.188. The van der Waals surface area contributed by atoms with Gasteiger partial charge in [0.1, 0.15) is 5.82 Å². The van der Waals surface area contributed by atoms with Crippen LogP contribution in [0.15, 0.2) is 66.9 Å². The lowest BCUT2D eigenvalue weighted by molar-refractivity contribution is 0.233. The van der Waals surface area contributed by atoms with Gasteiger partial charge in [-0.05, 0) is 97.3 Å². The van der Waals surface area contributed by atoms with Gasteiger partial charge in [-0.25, -0.2) is 4.39 Å². The number of benzene rings is 2. The Bertz CT molecular complexity index is 1060. The molecule has 0 aliphatic carbocycles. The molecule has 1 atom stereocenters. The second kappa shape index (κ2) is 9.43. The van der Waals surface area contributed by atoms with Crippen LogP contribution in [0.4, 0.5) is 4.39 Å². The molecule has 3 nitrogen and oxygen atoms in total. The summed E-state index contributed by atoms with van der Waals surface area (Å²) in [6, 6.07) is 18.1. The Labute approximate surface area is 190 Å². The molecule has 2 aliphatic rings. The molecule has 0 bridgehead atoms. The fourth-order valence-electron chi connectivity index (χ4n) is 5.31. The highest BCUT2D eigenvalue weighted by Gasteiger charge is 2.27. The number of hydrogen-bond donors (Lipinski definition) is 2. The molecular weight excluding hydrogens is 397 g/mol. The SMILES string of the molecule is CC(c1ccccc1)N1CC=C(c2c[nH]c(-c3ccc(F)cc3)c2C2CCNCC2)CC1. The van der Waals surface area contributed by atoms with Crippen LogP contribution in [0, 0.1) is 5.82 Å². The molecule has 3 aromatic rings. The summed E-state index contributed by atoms with van der Waals surface area (Å²) >= 11 is 0. The van der Waals surface area contributed by atoms with Crippen LogP contribution in [0.1, 0.15) is 54.8 Å². The maximum Gasteiger partial charge on any atom is 0.123 e. The predicted molar refractivity (Wildman–Crippen MR) is 130 cm³/mol. The van der Waals surface area contributed by atoms with E-state index in [1.54, 1.807) is 12.1 Å². The number of aromatic nitrogens is 1. The lowest BCUT2D eigenvalue weighted by Crippen LogP contribution is -2.31. The van der Waals surface area contributed by atoms with Crippen molar-refractivity contribution >= 4 is 5.57 Å². The van der Waals surface area contributed by atoms with E-state index in [-0.39, 0.29) is 5.82 Å². The minimum Gasteiger partial charge on any atom is -0.360 e. The third kappa shape index (κ3) is 4.30. The standard InChI is InChI=1S/C28H32FN3/c1-20(21-5-3-2-4-6-21)32-17-13-22(14-18-32)26-19-31-28(24-7-9-25(29)10-8-24)27(26)23-11-15-30-16-12-23/h2-10,13,19-20,23,30-31H,11-12,14-18H2,1H3. The first-order chi connectivity index (χ1) is 15.7. The van der Waals surface area contributed by atoms with Crippen molar-refractivity contribution in [2.75, 3.05) is 26.2 Å². The van der Waals surface area contributed by atoms with Crippen LogP contribution in [0.2, 0.25) is 0 Å². The molecule has 2 aliphatic heterocycles. The molecule has 1 fully saturated rings. The van der Waals surface area contributed by atoms with Gasteiger partial charge in [0.15, 0.2) is 0 Å². The number of nitrogens with one attached hydrogen (secondary N) is 2. The van der Waals surface area contributed by atoms with E-state index in [1.165, 1.54) is 22.3 Å². The number of halogens is 1. The maximum atomic E-state index is 13.5. The first-order valence-corrected chi connectivity index (χ1v) is 11.9.